The second kappa shape index (κ2) is 6.25. The molecule has 0 saturated heterocycles. The Hall–Kier alpha value is -0.580. The van der Waals surface area contributed by atoms with E-state index in [1.165, 1.54) is 11.1 Å². The standard InChI is InChI=1S/C15H23BrN2O/c1-10-7-11(15(17)14(16)8-10)9-18(2)12-3-5-13(19)6-4-12/h7-8,12-13,19H,3-6,9,17H2,1-2H3/t12-,13-. The number of hydrogen-bond donors (Lipinski definition) is 2. The molecule has 4 heteroatoms. The van der Waals surface area contributed by atoms with Crippen LogP contribution in [0.1, 0.15) is 36.8 Å². The number of halogens is 1. The van der Waals surface area contributed by atoms with Crippen LogP contribution in [-0.4, -0.2) is 29.2 Å². The lowest BCUT2D eigenvalue weighted by molar-refractivity contribution is 0.0818. The number of aryl methyl sites for hydroxylation is 1. The van der Waals surface area contributed by atoms with E-state index in [4.69, 9.17) is 5.73 Å². The Bertz CT molecular complexity index is 442. The zero-order valence-corrected chi connectivity index (χ0v) is 13.3. The maximum atomic E-state index is 9.57. The summed E-state index contributed by atoms with van der Waals surface area (Å²) in [6.45, 7) is 2.96. The lowest BCUT2D eigenvalue weighted by atomic mass is 9.92. The summed E-state index contributed by atoms with van der Waals surface area (Å²) in [5, 5.41) is 9.57. The van der Waals surface area contributed by atoms with Crippen molar-refractivity contribution >= 4 is 21.6 Å². The van der Waals surface area contributed by atoms with E-state index in [2.05, 4.69) is 46.9 Å². The minimum absolute atomic E-state index is 0.0946. The van der Waals surface area contributed by atoms with Crippen LogP contribution in [-0.2, 0) is 6.54 Å². The van der Waals surface area contributed by atoms with Crippen molar-refractivity contribution in [2.24, 2.45) is 0 Å². The van der Waals surface area contributed by atoms with Crippen molar-refractivity contribution in [2.75, 3.05) is 12.8 Å². The van der Waals surface area contributed by atoms with Crippen molar-refractivity contribution in [1.29, 1.82) is 0 Å². The van der Waals surface area contributed by atoms with Crippen LogP contribution < -0.4 is 5.73 Å². The maximum absolute atomic E-state index is 9.57. The number of nitrogen functional groups attached to an aromatic ring is 1. The van der Waals surface area contributed by atoms with Gasteiger partial charge < -0.3 is 10.8 Å². The first-order valence-electron chi connectivity index (χ1n) is 6.90. The summed E-state index contributed by atoms with van der Waals surface area (Å²) in [5.74, 6) is 0. The van der Waals surface area contributed by atoms with Crippen LogP contribution in [0.4, 0.5) is 5.69 Å². The van der Waals surface area contributed by atoms with Gasteiger partial charge in [-0.3, -0.25) is 4.90 Å². The average molecular weight is 327 g/mol. The first kappa shape index (κ1) is 14.8. The first-order valence-corrected chi connectivity index (χ1v) is 7.69. The number of hydrogen-bond acceptors (Lipinski definition) is 3. The van der Waals surface area contributed by atoms with Crippen LogP contribution in [0.15, 0.2) is 16.6 Å². The minimum atomic E-state index is -0.0946. The second-order valence-corrected chi connectivity index (χ2v) is 6.55. The zero-order valence-electron chi connectivity index (χ0n) is 11.7. The molecule has 0 bridgehead atoms. The topological polar surface area (TPSA) is 49.5 Å². The Morgan fingerprint density at radius 3 is 2.58 bits per heavy atom. The molecule has 0 aliphatic heterocycles. The van der Waals surface area contributed by atoms with Crippen LogP contribution in [0.5, 0.6) is 0 Å². The van der Waals surface area contributed by atoms with Crippen LogP contribution in [0.3, 0.4) is 0 Å². The SMILES string of the molecule is Cc1cc(Br)c(N)c(CN(C)[C@H]2CC[C@H](O)CC2)c1. The highest BCUT2D eigenvalue weighted by Crippen LogP contribution is 2.28. The summed E-state index contributed by atoms with van der Waals surface area (Å²) >= 11 is 3.51. The third-order valence-corrected chi connectivity index (χ3v) is 4.72. The van der Waals surface area contributed by atoms with Crippen molar-refractivity contribution in [3.63, 3.8) is 0 Å². The van der Waals surface area contributed by atoms with Gasteiger partial charge in [-0.15, -0.1) is 0 Å². The summed E-state index contributed by atoms with van der Waals surface area (Å²) in [5.41, 5.74) is 9.39. The zero-order chi connectivity index (χ0) is 14.0. The van der Waals surface area contributed by atoms with Gasteiger partial charge in [-0.05, 0) is 72.8 Å². The molecule has 1 aliphatic carbocycles. The summed E-state index contributed by atoms with van der Waals surface area (Å²) in [6.07, 6.45) is 3.89. The van der Waals surface area contributed by atoms with E-state index in [1.54, 1.807) is 0 Å². The molecule has 0 aromatic heterocycles. The molecule has 1 aliphatic rings. The molecular formula is C15H23BrN2O. The van der Waals surface area contributed by atoms with Gasteiger partial charge in [-0.2, -0.15) is 0 Å². The van der Waals surface area contributed by atoms with Gasteiger partial charge in [0.2, 0.25) is 0 Å². The largest absolute Gasteiger partial charge is 0.398 e. The molecule has 0 unspecified atom stereocenters. The predicted octanol–water partition coefficient (Wildman–Crippen LogP) is 3.08. The molecule has 0 heterocycles. The molecule has 1 aromatic rings. The van der Waals surface area contributed by atoms with E-state index >= 15 is 0 Å². The molecule has 1 saturated carbocycles. The highest BCUT2D eigenvalue weighted by Gasteiger charge is 2.23. The normalized spacial score (nSPS) is 23.8. The molecule has 1 fully saturated rings. The van der Waals surface area contributed by atoms with E-state index in [1.807, 2.05) is 0 Å². The molecule has 1 aromatic carbocycles. The molecule has 2 rings (SSSR count). The summed E-state index contributed by atoms with van der Waals surface area (Å²) in [4.78, 5) is 2.36. The quantitative estimate of drug-likeness (QED) is 0.839. The van der Waals surface area contributed by atoms with Crippen molar-refractivity contribution < 1.29 is 5.11 Å². The van der Waals surface area contributed by atoms with Gasteiger partial charge in [0.05, 0.1) is 11.8 Å². The van der Waals surface area contributed by atoms with E-state index in [0.29, 0.717) is 6.04 Å². The van der Waals surface area contributed by atoms with Gasteiger partial charge in [0.15, 0.2) is 0 Å². The van der Waals surface area contributed by atoms with Gasteiger partial charge >= 0.3 is 0 Å². The van der Waals surface area contributed by atoms with Crippen LogP contribution in [0, 0.1) is 6.92 Å². The fourth-order valence-electron chi connectivity index (χ4n) is 2.85. The minimum Gasteiger partial charge on any atom is -0.398 e. The number of aliphatic hydroxyl groups is 1. The lowest BCUT2D eigenvalue weighted by Crippen LogP contribution is -2.36. The fraction of sp³-hybridized carbons (Fsp3) is 0.600. The first-order chi connectivity index (χ1) is 8.97. The van der Waals surface area contributed by atoms with E-state index in [-0.39, 0.29) is 6.10 Å². The van der Waals surface area contributed by atoms with Gasteiger partial charge in [0, 0.05) is 17.1 Å². The van der Waals surface area contributed by atoms with Crippen molar-refractivity contribution in [2.45, 2.75) is 51.3 Å². The number of aliphatic hydroxyl groups excluding tert-OH is 1. The van der Waals surface area contributed by atoms with Crippen LogP contribution in [0.25, 0.3) is 0 Å². The van der Waals surface area contributed by atoms with E-state index < -0.39 is 0 Å². The Morgan fingerprint density at radius 1 is 1.32 bits per heavy atom. The average Bonchev–Trinajstić information content (AvgIpc) is 2.36. The van der Waals surface area contributed by atoms with Gasteiger partial charge in [-0.1, -0.05) is 6.07 Å². The summed E-state index contributed by atoms with van der Waals surface area (Å²) in [7, 11) is 2.15. The third kappa shape index (κ3) is 3.71. The summed E-state index contributed by atoms with van der Waals surface area (Å²) in [6, 6.07) is 4.77. The number of nitrogens with two attached hydrogens (primary N) is 1. The maximum Gasteiger partial charge on any atom is 0.0541 e. The van der Waals surface area contributed by atoms with Crippen molar-refractivity contribution in [1.82, 2.24) is 4.90 Å². The lowest BCUT2D eigenvalue weighted by Gasteiger charge is -2.33. The highest BCUT2D eigenvalue weighted by molar-refractivity contribution is 9.10. The third-order valence-electron chi connectivity index (χ3n) is 4.07. The number of benzene rings is 1. The van der Waals surface area contributed by atoms with Gasteiger partial charge in [0.1, 0.15) is 0 Å². The molecule has 0 amide bonds. The van der Waals surface area contributed by atoms with Crippen LogP contribution >= 0.6 is 15.9 Å². The van der Waals surface area contributed by atoms with E-state index in [9.17, 15) is 5.11 Å². The number of anilines is 1. The van der Waals surface area contributed by atoms with Crippen molar-refractivity contribution in [3.05, 3.63) is 27.7 Å². The molecule has 3 nitrogen and oxygen atoms in total. The molecular weight excluding hydrogens is 304 g/mol. The predicted molar refractivity (Wildman–Crippen MR) is 83.0 cm³/mol. The van der Waals surface area contributed by atoms with Crippen molar-refractivity contribution in [3.8, 4) is 0 Å². The highest BCUT2D eigenvalue weighted by atomic mass is 79.9. The Morgan fingerprint density at radius 2 is 1.95 bits per heavy atom. The molecule has 0 atom stereocenters. The van der Waals surface area contributed by atoms with E-state index in [0.717, 1.165) is 42.4 Å². The smallest absolute Gasteiger partial charge is 0.0541 e. The Kier molecular flexibility index (Phi) is 4.87. The number of nitrogens with zero attached hydrogens (tertiary/aromatic N) is 1. The fourth-order valence-corrected chi connectivity index (χ4v) is 3.47. The molecule has 106 valence electrons. The van der Waals surface area contributed by atoms with Gasteiger partial charge in [0.25, 0.3) is 0 Å². The second-order valence-electron chi connectivity index (χ2n) is 5.70. The Balaban J connectivity index is 2.04. The number of rotatable bonds is 3. The van der Waals surface area contributed by atoms with Gasteiger partial charge in [-0.25, -0.2) is 0 Å². The summed E-state index contributed by atoms with van der Waals surface area (Å²) < 4.78 is 0.981. The van der Waals surface area contributed by atoms with Crippen LogP contribution in [0.2, 0.25) is 0 Å². The molecule has 0 spiro atoms. The molecule has 19 heavy (non-hydrogen) atoms. The molecule has 0 radical (unpaired) electrons. The molecule has 3 N–H and O–H groups in total. The monoisotopic (exact) mass is 326 g/mol. The Labute approximate surface area is 123 Å².